The van der Waals surface area contributed by atoms with Gasteiger partial charge in [-0.2, -0.15) is 0 Å². The van der Waals surface area contributed by atoms with Crippen LogP contribution in [0.5, 0.6) is 0 Å². The van der Waals surface area contributed by atoms with Crippen molar-refractivity contribution in [1.29, 1.82) is 0 Å². The van der Waals surface area contributed by atoms with Crippen LogP contribution in [-0.2, 0) is 11.2 Å². The van der Waals surface area contributed by atoms with Gasteiger partial charge in [0.05, 0.1) is 6.61 Å². The Morgan fingerprint density at radius 3 is 3.16 bits per heavy atom. The predicted molar refractivity (Wildman–Crippen MR) is 74.5 cm³/mol. The number of amides is 1. The fourth-order valence-electron chi connectivity index (χ4n) is 2.32. The second-order valence-corrected chi connectivity index (χ2v) is 5.32. The minimum absolute atomic E-state index is 0.00952. The molecule has 102 valence electrons. The number of rotatable bonds is 6. The number of ether oxygens (including phenoxy) is 1. The Morgan fingerprint density at radius 2 is 2.32 bits per heavy atom. The molecule has 0 saturated heterocycles. The topological polar surface area (TPSA) is 50.4 Å². The number of carbonyl (C=O) groups excluding carboxylic acids is 1. The van der Waals surface area contributed by atoms with Crippen LogP contribution >= 0.6 is 0 Å². The van der Waals surface area contributed by atoms with E-state index < -0.39 is 0 Å². The van der Waals surface area contributed by atoms with E-state index >= 15 is 0 Å². The molecule has 3 rings (SSSR count). The van der Waals surface area contributed by atoms with Crippen LogP contribution in [0.4, 0.5) is 5.69 Å². The molecule has 0 spiro atoms. The van der Waals surface area contributed by atoms with E-state index in [2.05, 4.69) is 10.6 Å². The van der Waals surface area contributed by atoms with E-state index in [1.165, 1.54) is 18.4 Å². The van der Waals surface area contributed by atoms with Crippen LogP contribution in [0.3, 0.4) is 0 Å². The van der Waals surface area contributed by atoms with E-state index in [1.807, 2.05) is 18.2 Å². The van der Waals surface area contributed by atoms with Crippen LogP contribution in [0.25, 0.3) is 0 Å². The summed E-state index contributed by atoms with van der Waals surface area (Å²) < 4.78 is 5.49. The highest BCUT2D eigenvalue weighted by atomic mass is 16.5. The van der Waals surface area contributed by atoms with Gasteiger partial charge in [-0.15, -0.1) is 0 Å². The molecule has 1 amide bonds. The highest BCUT2D eigenvalue weighted by Crippen LogP contribution is 2.28. The molecule has 0 aromatic heterocycles. The molecule has 2 aliphatic rings. The first kappa shape index (κ1) is 12.5. The first-order chi connectivity index (χ1) is 9.33. The van der Waals surface area contributed by atoms with Crippen molar-refractivity contribution in [2.75, 3.05) is 31.6 Å². The third-order valence-electron chi connectivity index (χ3n) is 3.66. The van der Waals surface area contributed by atoms with E-state index in [0.717, 1.165) is 36.7 Å². The van der Waals surface area contributed by atoms with Crippen molar-refractivity contribution < 1.29 is 9.53 Å². The van der Waals surface area contributed by atoms with Crippen LogP contribution in [-0.4, -0.2) is 32.2 Å². The molecular formula is C15H20N2O2. The van der Waals surface area contributed by atoms with Crippen LogP contribution in [0.15, 0.2) is 18.2 Å². The number of hydrogen-bond acceptors (Lipinski definition) is 3. The van der Waals surface area contributed by atoms with Crippen molar-refractivity contribution >= 4 is 11.6 Å². The SMILES string of the molecule is O=C(NCCOCC1CC1)c1ccc2c(c1)CCN2. The molecule has 0 radical (unpaired) electrons. The van der Waals surface area contributed by atoms with Gasteiger partial charge in [0.15, 0.2) is 0 Å². The van der Waals surface area contributed by atoms with Crippen LogP contribution < -0.4 is 10.6 Å². The molecule has 1 aromatic carbocycles. The van der Waals surface area contributed by atoms with Gasteiger partial charge < -0.3 is 15.4 Å². The van der Waals surface area contributed by atoms with Crippen LogP contribution in [0.2, 0.25) is 0 Å². The Kier molecular flexibility index (Phi) is 3.69. The fourth-order valence-corrected chi connectivity index (χ4v) is 2.32. The van der Waals surface area contributed by atoms with Gasteiger partial charge in [-0.05, 0) is 48.9 Å². The van der Waals surface area contributed by atoms with Gasteiger partial charge in [-0.25, -0.2) is 0 Å². The highest BCUT2D eigenvalue weighted by Gasteiger charge is 2.20. The smallest absolute Gasteiger partial charge is 0.251 e. The first-order valence-electron chi connectivity index (χ1n) is 7.05. The number of fused-ring (bicyclic) bond motifs is 1. The lowest BCUT2D eigenvalue weighted by molar-refractivity contribution is 0.0906. The maximum Gasteiger partial charge on any atom is 0.251 e. The third kappa shape index (κ3) is 3.26. The molecule has 1 heterocycles. The third-order valence-corrected chi connectivity index (χ3v) is 3.66. The summed E-state index contributed by atoms with van der Waals surface area (Å²) in [6, 6.07) is 5.84. The van der Waals surface area contributed by atoms with E-state index in [9.17, 15) is 4.79 Å². The molecule has 1 aliphatic heterocycles. The summed E-state index contributed by atoms with van der Waals surface area (Å²) in [6.07, 6.45) is 3.60. The zero-order chi connectivity index (χ0) is 13.1. The van der Waals surface area contributed by atoms with E-state index in [4.69, 9.17) is 4.74 Å². The Morgan fingerprint density at radius 1 is 1.42 bits per heavy atom. The molecule has 0 unspecified atom stereocenters. The number of benzene rings is 1. The van der Waals surface area contributed by atoms with Gasteiger partial charge in [0.2, 0.25) is 0 Å². The summed E-state index contributed by atoms with van der Waals surface area (Å²) in [5.74, 6) is 0.768. The molecule has 0 bridgehead atoms. The summed E-state index contributed by atoms with van der Waals surface area (Å²) in [5, 5.41) is 6.19. The number of nitrogens with one attached hydrogen (secondary N) is 2. The second-order valence-electron chi connectivity index (χ2n) is 5.32. The largest absolute Gasteiger partial charge is 0.384 e. The van der Waals surface area contributed by atoms with Crippen molar-refractivity contribution in [3.8, 4) is 0 Å². The van der Waals surface area contributed by atoms with Crippen molar-refractivity contribution in [1.82, 2.24) is 5.32 Å². The monoisotopic (exact) mass is 260 g/mol. The normalized spacial score (nSPS) is 16.8. The molecule has 1 aromatic rings. The quantitative estimate of drug-likeness (QED) is 0.767. The van der Waals surface area contributed by atoms with Crippen LogP contribution in [0.1, 0.15) is 28.8 Å². The van der Waals surface area contributed by atoms with Crippen molar-refractivity contribution in [2.24, 2.45) is 5.92 Å². The average molecular weight is 260 g/mol. The Bertz CT molecular complexity index is 469. The molecule has 19 heavy (non-hydrogen) atoms. The lowest BCUT2D eigenvalue weighted by atomic mass is 10.1. The average Bonchev–Trinajstić information content (AvgIpc) is 3.13. The Hall–Kier alpha value is -1.55. The number of carbonyl (C=O) groups is 1. The molecule has 4 nitrogen and oxygen atoms in total. The highest BCUT2D eigenvalue weighted by molar-refractivity contribution is 5.95. The number of anilines is 1. The van der Waals surface area contributed by atoms with E-state index in [-0.39, 0.29) is 5.91 Å². The minimum Gasteiger partial charge on any atom is -0.384 e. The van der Waals surface area contributed by atoms with Crippen molar-refractivity contribution in [2.45, 2.75) is 19.3 Å². The second kappa shape index (κ2) is 5.61. The standard InChI is InChI=1S/C15H20N2O2/c18-15(17-7-8-19-10-11-1-2-11)13-3-4-14-12(9-13)5-6-16-14/h3-4,9,11,16H,1-2,5-8,10H2,(H,17,18). The Balaban J connectivity index is 1.44. The summed E-state index contributed by atoms with van der Waals surface area (Å²) in [4.78, 5) is 12.0. The fraction of sp³-hybridized carbons (Fsp3) is 0.533. The Labute approximate surface area is 113 Å². The van der Waals surface area contributed by atoms with Gasteiger partial charge >= 0.3 is 0 Å². The first-order valence-corrected chi connectivity index (χ1v) is 7.05. The molecule has 0 atom stereocenters. The molecule has 1 aliphatic carbocycles. The molecular weight excluding hydrogens is 240 g/mol. The van der Waals surface area contributed by atoms with Crippen molar-refractivity contribution in [3.63, 3.8) is 0 Å². The van der Waals surface area contributed by atoms with Crippen LogP contribution in [0, 0.1) is 5.92 Å². The molecule has 4 heteroatoms. The summed E-state index contributed by atoms with van der Waals surface area (Å²) in [6.45, 7) is 3.01. The van der Waals surface area contributed by atoms with E-state index in [1.54, 1.807) is 0 Å². The predicted octanol–water partition coefficient (Wildman–Crippen LogP) is 1.81. The lowest BCUT2D eigenvalue weighted by Gasteiger charge is -2.07. The van der Waals surface area contributed by atoms with Gasteiger partial charge in [0.25, 0.3) is 5.91 Å². The maximum absolute atomic E-state index is 12.0. The molecule has 1 saturated carbocycles. The minimum atomic E-state index is -0.00952. The van der Waals surface area contributed by atoms with Gasteiger partial charge in [0.1, 0.15) is 0 Å². The number of hydrogen-bond donors (Lipinski definition) is 2. The zero-order valence-corrected chi connectivity index (χ0v) is 11.1. The van der Waals surface area contributed by atoms with E-state index in [0.29, 0.717) is 13.2 Å². The summed E-state index contributed by atoms with van der Waals surface area (Å²) >= 11 is 0. The molecule has 1 fully saturated rings. The van der Waals surface area contributed by atoms with Gasteiger partial charge in [-0.3, -0.25) is 4.79 Å². The van der Waals surface area contributed by atoms with Gasteiger partial charge in [0, 0.05) is 30.9 Å². The molecule has 2 N–H and O–H groups in total. The van der Waals surface area contributed by atoms with Gasteiger partial charge in [-0.1, -0.05) is 0 Å². The lowest BCUT2D eigenvalue weighted by Crippen LogP contribution is -2.27. The summed E-state index contributed by atoms with van der Waals surface area (Å²) in [5.41, 5.74) is 3.13. The summed E-state index contributed by atoms with van der Waals surface area (Å²) in [7, 11) is 0. The van der Waals surface area contributed by atoms with Crippen molar-refractivity contribution in [3.05, 3.63) is 29.3 Å². The maximum atomic E-state index is 12.0. The zero-order valence-electron chi connectivity index (χ0n) is 11.1.